The van der Waals surface area contributed by atoms with E-state index < -0.39 is 6.09 Å². The highest BCUT2D eigenvalue weighted by Crippen LogP contribution is 2.13. The minimum atomic E-state index is -0.404. The van der Waals surface area contributed by atoms with Gasteiger partial charge in [-0.15, -0.1) is 0 Å². The molecule has 0 bridgehead atoms. The van der Waals surface area contributed by atoms with E-state index in [0.717, 1.165) is 12.3 Å². The fraction of sp³-hybridized carbons (Fsp3) is 0.714. The van der Waals surface area contributed by atoms with E-state index >= 15 is 0 Å². The Morgan fingerprint density at radius 2 is 2.23 bits per heavy atom. The van der Waals surface area contributed by atoms with Crippen LogP contribution in [0.4, 0.5) is 4.79 Å². The summed E-state index contributed by atoms with van der Waals surface area (Å²) < 4.78 is 4.99. The van der Waals surface area contributed by atoms with Gasteiger partial charge >= 0.3 is 6.09 Å². The van der Waals surface area contributed by atoms with Crippen molar-refractivity contribution in [1.82, 2.24) is 10.0 Å². The number of hydrazine groups is 1. The summed E-state index contributed by atoms with van der Waals surface area (Å²) in [6.45, 7) is 0.735. The summed E-state index contributed by atoms with van der Waals surface area (Å²) in [5.74, 6) is 0.897. The number of nitrogens with zero attached hydrogens (tertiary/aromatic N) is 3. The number of amides is 1. The van der Waals surface area contributed by atoms with Gasteiger partial charge in [-0.25, -0.2) is 19.8 Å². The Kier molecular flexibility index (Phi) is 3.56. The van der Waals surface area contributed by atoms with E-state index in [1.807, 2.05) is 0 Å². The van der Waals surface area contributed by atoms with Gasteiger partial charge in [-0.1, -0.05) is 11.8 Å². The number of ether oxygens (including phenoxy) is 1. The molecule has 1 amide bonds. The van der Waals surface area contributed by atoms with Crippen molar-refractivity contribution in [3.63, 3.8) is 0 Å². The highest BCUT2D eigenvalue weighted by Gasteiger charge is 2.17. The Balaban J connectivity index is 2.40. The summed E-state index contributed by atoms with van der Waals surface area (Å²) in [5, 5.41) is 3.49. The maximum absolute atomic E-state index is 11.3. The van der Waals surface area contributed by atoms with Crippen LogP contribution in [0, 0.1) is 0 Å². The van der Waals surface area contributed by atoms with Gasteiger partial charge in [-0.05, 0) is 0 Å². The third-order valence-electron chi connectivity index (χ3n) is 1.60. The Labute approximate surface area is 81.7 Å². The lowest BCUT2D eigenvalue weighted by Crippen LogP contribution is -2.39. The van der Waals surface area contributed by atoms with Crippen LogP contribution in [0.25, 0.3) is 0 Å². The molecule has 0 aliphatic carbocycles. The van der Waals surface area contributed by atoms with Crippen LogP contribution >= 0.6 is 11.8 Å². The molecule has 0 saturated carbocycles. The monoisotopic (exact) mass is 203 g/mol. The first-order valence-electron chi connectivity index (χ1n) is 3.91. The molecule has 0 N–H and O–H groups in total. The summed E-state index contributed by atoms with van der Waals surface area (Å²) in [4.78, 5) is 15.3. The van der Waals surface area contributed by atoms with Crippen LogP contribution in [0.5, 0.6) is 0 Å². The van der Waals surface area contributed by atoms with Crippen molar-refractivity contribution < 1.29 is 9.53 Å². The molecular formula is C7H13N3O2S. The zero-order chi connectivity index (χ0) is 9.84. The molecule has 0 aromatic rings. The maximum atomic E-state index is 11.3. The van der Waals surface area contributed by atoms with Crippen LogP contribution in [0.2, 0.25) is 0 Å². The highest BCUT2D eigenvalue weighted by molar-refractivity contribution is 8.13. The summed E-state index contributed by atoms with van der Waals surface area (Å²) >= 11 is 1.46. The maximum Gasteiger partial charge on any atom is 0.431 e. The van der Waals surface area contributed by atoms with E-state index in [1.54, 1.807) is 26.2 Å². The SMILES string of the molecule is CN(C)N(C)C(=O)OC1=NCCS1. The Morgan fingerprint density at radius 1 is 1.54 bits per heavy atom. The molecule has 13 heavy (non-hydrogen) atoms. The van der Waals surface area contributed by atoms with Crippen molar-refractivity contribution in [2.24, 2.45) is 4.99 Å². The molecular weight excluding hydrogens is 190 g/mol. The van der Waals surface area contributed by atoms with Gasteiger partial charge in [0.25, 0.3) is 5.23 Å². The number of thioether (sulfide) groups is 1. The van der Waals surface area contributed by atoms with Gasteiger partial charge in [0.1, 0.15) is 0 Å². The standard InChI is InChI=1S/C7H13N3O2S/c1-9(2)10(3)7(11)12-6-8-4-5-13-6/h4-5H2,1-3H3. The lowest BCUT2D eigenvalue weighted by Gasteiger charge is -2.22. The lowest BCUT2D eigenvalue weighted by molar-refractivity contribution is 0.0574. The van der Waals surface area contributed by atoms with Gasteiger partial charge in [0, 0.05) is 26.9 Å². The van der Waals surface area contributed by atoms with Gasteiger partial charge in [0.15, 0.2) is 0 Å². The molecule has 0 aromatic heterocycles. The largest absolute Gasteiger partial charge is 0.431 e. The fourth-order valence-electron chi connectivity index (χ4n) is 0.681. The normalized spacial score (nSPS) is 15.8. The van der Waals surface area contributed by atoms with Crippen LogP contribution in [-0.4, -0.2) is 54.8 Å². The summed E-state index contributed by atoms with van der Waals surface area (Å²) in [6, 6.07) is 0. The zero-order valence-corrected chi connectivity index (χ0v) is 8.80. The smallest absolute Gasteiger partial charge is 0.384 e. The first-order valence-corrected chi connectivity index (χ1v) is 4.90. The summed E-state index contributed by atoms with van der Waals surface area (Å²) in [5.41, 5.74) is 0. The number of carbonyl (C=O) groups is 1. The molecule has 0 atom stereocenters. The molecule has 1 aliphatic heterocycles. The molecule has 0 unspecified atom stereocenters. The van der Waals surface area contributed by atoms with Gasteiger partial charge < -0.3 is 4.74 Å². The number of aliphatic imine (C=N–C) groups is 1. The van der Waals surface area contributed by atoms with Crippen molar-refractivity contribution >= 4 is 23.1 Å². The first-order chi connectivity index (χ1) is 6.11. The second-order valence-corrected chi connectivity index (χ2v) is 3.78. The minimum Gasteiger partial charge on any atom is -0.384 e. The van der Waals surface area contributed by atoms with E-state index in [1.165, 1.54) is 16.8 Å². The molecule has 5 nitrogen and oxygen atoms in total. The second kappa shape index (κ2) is 4.48. The first kappa shape index (κ1) is 10.3. The minimum absolute atomic E-state index is 0.404. The summed E-state index contributed by atoms with van der Waals surface area (Å²) in [7, 11) is 5.18. The van der Waals surface area contributed by atoms with Gasteiger partial charge in [-0.3, -0.25) is 0 Å². The highest BCUT2D eigenvalue weighted by atomic mass is 32.2. The van der Waals surface area contributed by atoms with E-state index in [4.69, 9.17) is 4.74 Å². The Morgan fingerprint density at radius 3 is 2.69 bits per heavy atom. The molecule has 1 heterocycles. The topological polar surface area (TPSA) is 45.1 Å². The number of hydrogen-bond donors (Lipinski definition) is 0. The average molecular weight is 203 g/mol. The predicted octanol–water partition coefficient (Wildman–Crippen LogP) is 0.634. The number of carbonyl (C=O) groups excluding carboxylic acids is 1. The van der Waals surface area contributed by atoms with Gasteiger partial charge in [-0.2, -0.15) is 0 Å². The molecule has 0 aromatic carbocycles. The Hall–Kier alpha value is -0.750. The van der Waals surface area contributed by atoms with Gasteiger partial charge in [0.2, 0.25) is 0 Å². The van der Waals surface area contributed by atoms with Crippen molar-refractivity contribution in [1.29, 1.82) is 0 Å². The van der Waals surface area contributed by atoms with Crippen LogP contribution < -0.4 is 0 Å². The van der Waals surface area contributed by atoms with Crippen molar-refractivity contribution in [2.75, 3.05) is 33.4 Å². The van der Waals surface area contributed by atoms with E-state index in [0.29, 0.717) is 5.23 Å². The number of hydrogen-bond acceptors (Lipinski definition) is 5. The molecule has 0 radical (unpaired) electrons. The van der Waals surface area contributed by atoms with Crippen molar-refractivity contribution in [3.8, 4) is 0 Å². The predicted molar refractivity (Wildman–Crippen MR) is 52.7 cm³/mol. The molecule has 0 spiro atoms. The Bertz CT molecular complexity index is 230. The molecule has 1 aliphatic rings. The fourth-order valence-corrected chi connectivity index (χ4v) is 1.35. The second-order valence-electron chi connectivity index (χ2n) is 2.73. The summed E-state index contributed by atoms with van der Waals surface area (Å²) in [6.07, 6.45) is -0.404. The van der Waals surface area contributed by atoms with Crippen molar-refractivity contribution in [2.45, 2.75) is 0 Å². The van der Waals surface area contributed by atoms with Gasteiger partial charge in [0.05, 0.1) is 6.54 Å². The van der Waals surface area contributed by atoms with Crippen LogP contribution in [0.1, 0.15) is 0 Å². The van der Waals surface area contributed by atoms with Crippen LogP contribution in [0.15, 0.2) is 4.99 Å². The van der Waals surface area contributed by atoms with Crippen molar-refractivity contribution in [3.05, 3.63) is 0 Å². The van der Waals surface area contributed by atoms with E-state index in [2.05, 4.69) is 4.99 Å². The third-order valence-corrected chi connectivity index (χ3v) is 2.44. The molecule has 1 rings (SSSR count). The van der Waals surface area contributed by atoms with E-state index in [9.17, 15) is 4.79 Å². The lowest BCUT2D eigenvalue weighted by atomic mass is 10.8. The molecule has 0 saturated heterocycles. The molecule has 0 fully saturated rings. The van der Waals surface area contributed by atoms with E-state index in [-0.39, 0.29) is 0 Å². The molecule has 6 heteroatoms. The van der Waals surface area contributed by atoms with Crippen LogP contribution in [-0.2, 0) is 4.74 Å². The van der Waals surface area contributed by atoms with Crippen LogP contribution in [0.3, 0.4) is 0 Å². The average Bonchev–Trinajstić information content (AvgIpc) is 2.55. The number of rotatable bonds is 1. The quantitative estimate of drug-likeness (QED) is 0.586. The molecule has 74 valence electrons. The zero-order valence-electron chi connectivity index (χ0n) is 7.98. The third kappa shape index (κ3) is 2.89.